The first-order chi connectivity index (χ1) is 17.2. The Morgan fingerprint density at radius 3 is 2.39 bits per heavy atom. The van der Waals surface area contributed by atoms with Crippen LogP contribution in [0.3, 0.4) is 0 Å². The lowest BCUT2D eigenvalue weighted by Crippen LogP contribution is -2.43. The molecule has 0 amide bonds. The van der Waals surface area contributed by atoms with Gasteiger partial charge in [0.2, 0.25) is 0 Å². The molecule has 0 saturated carbocycles. The predicted molar refractivity (Wildman–Crippen MR) is 134 cm³/mol. The number of rotatable bonds is 6. The molecule has 4 rings (SSSR count). The number of hydrogen-bond acceptors (Lipinski definition) is 7. The summed E-state index contributed by atoms with van der Waals surface area (Å²) in [7, 11) is 1.28. The van der Waals surface area contributed by atoms with E-state index in [-0.39, 0.29) is 17.8 Å². The van der Waals surface area contributed by atoms with Crippen LogP contribution >= 0.6 is 0 Å². The Morgan fingerprint density at radius 1 is 1.03 bits per heavy atom. The molecule has 7 nitrogen and oxygen atoms in total. The van der Waals surface area contributed by atoms with Gasteiger partial charge in [-0.15, -0.1) is 0 Å². The van der Waals surface area contributed by atoms with Gasteiger partial charge in [-0.05, 0) is 62.9 Å². The number of carbonyl (C=O) groups is 3. The molecule has 0 aromatic heterocycles. The van der Waals surface area contributed by atoms with Crippen LogP contribution in [-0.4, -0.2) is 30.9 Å². The summed E-state index contributed by atoms with van der Waals surface area (Å²) in [6, 6.07) is 16.7. The quantitative estimate of drug-likeness (QED) is 0.449. The number of para-hydroxylation sites is 1. The number of benzene rings is 2. The number of ketones is 1. The van der Waals surface area contributed by atoms with E-state index < -0.39 is 23.8 Å². The van der Waals surface area contributed by atoms with Crippen molar-refractivity contribution >= 4 is 17.7 Å². The molecule has 3 atom stereocenters. The number of Topliss-reactive ketones (excluding diaryl/α,β-unsaturated/α-hetero) is 1. The molecule has 2 aliphatic rings. The minimum Gasteiger partial charge on any atom is -0.468 e. The van der Waals surface area contributed by atoms with Gasteiger partial charge in [0.15, 0.2) is 5.78 Å². The number of ether oxygens (including phenoxy) is 3. The molecule has 1 aliphatic carbocycles. The largest absolute Gasteiger partial charge is 0.468 e. The summed E-state index contributed by atoms with van der Waals surface area (Å²) >= 11 is 0. The van der Waals surface area contributed by atoms with Crippen LogP contribution < -0.4 is 10.1 Å². The summed E-state index contributed by atoms with van der Waals surface area (Å²) < 4.78 is 16.6. The first kappa shape index (κ1) is 25.2. The molecule has 1 aliphatic heterocycles. The molecule has 188 valence electrons. The Balaban J connectivity index is 1.83. The molecular weight excluding hydrogens is 458 g/mol. The van der Waals surface area contributed by atoms with Crippen LogP contribution in [0.25, 0.3) is 0 Å². The molecule has 0 bridgehead atoms. The highest BCUT2D eigenvalue weighted by atomic mass is 16.5. The number of methoxy groups -OCH3 is 1. The average Bonchev–Trinajstić information content (AvgIpc) is 2.83. The Kier molecular flexibility index (Phi) is 7.29. The Hall–Kier alpha value is -3.87. The van der Waals surface area contributed by atoms with Crippen molar-refractivity contribution in [2.45, 2.75) is 46.1 Å². The number of nitrogens with one attached hydrogen (secondary N) is 1. The second kappa shape index (κ2) is 10.4. The van der Waals surface area contributed by atoms with Gasteiger partial charge in [-0.3, -0.25) is 9.59 Å². The molecule has 0 saturated heterocycles. The molecule has 1 heterocycles. The average molecular weight is 490 g/mol. The van der Waals surface area contributed by atoms with Crippen molar-refractivity contribution in [2.24, 2.45) is 11.8 Å². The number of dihydropyridines is 1. The Labute approximate surface area is 211 Å². The van der Waals surface area contributed by atoms with Gasteiger partial charge in [-0.25, -0.2) is 4.79 Å². The van der Waals surface area contributed by atoms with E-state index in [2.05, 4.69) is 5.32 Å². The van der Waals surface area contributed by atoms with Crippen LogP contribution in [0.15, 0.2) is 77.1 Å². The molecule has 36 heavy (non-hydrogen) atoms. The summed E-state index contributed by atoms with van der Waals surface area (Å²) in [4.78, 5) is 39.7. The first-order valence-electron chi connectivity index (χ1n) is 12.1. The predicted octanol–water partition coefficient (Wildman–Crippen LogP) is 5.04. The molecule has 0 radical (unpaired) electrons. The minimum atomic E-state index is -0.942. The number of hydrogen-bond donors (Lipinski definition) is 1. The topological polar surface area (TPSA) is 90.9 Å². The maximum absolute atomic E-state index is 13.8. The normalized spacial score (nSPS) is 21.6. The highest BCUT2D eigenvalue weighted by Gasteiger charge is 2.47. The van der Waals surface area contributed by atoms with Gasteiger partial charge in [0.25, 0.3) is 0 Å². The second-order valence-corrected chi connectivity index (χ2v) is 9.48. The van der Waals surface area contributed by atoms with Gasteiger partial charge >= 0.3 is 11.9 Å². The zero-order valence-electron chi connectivity index (χ0n) is 21.2. The van der Waals surface area contributed by atoms with E-state index in [0.29, 0.717) is 46.0 Å². The van der Waals surface area contributed by atoms with E-state index >= 15 is 0 Å². The van der Waals surface area contributed by atoms with Crippen LogP contribution in [-0.2, 0) is 23.9 Å². The van der Waals surface area contributed by atoms with E-state index in [0.717, 1.165) is 0 Å². The fourth-order valence-corrected chi connectivity index (χ4v) is 4.94. The highest BCUT2D eigenvalue weighted by Crippen LogP contribution is 2.46. The van der Waals surface area contributed by atoms with Gasteiger partial charge in [0.1, 0.15) is 17.4 Å². The monoisotopic (exact) mass is 489 g/mol. The highest BCUT2D eigenvalue weighted by molar-refractivity contribution is 6.12. The van der Waals surface area contributed by atoms with Crippen molar-refractivity contribution in [1.82, 2.24) is 5.32 Å². The number of esters is 2. The van der Waals surface area contributed by atoms with Crippen LogP contribution in [0.1, 0.15) is 45.6 Å². The zero-order valence-corrected chi connectivity index (χ0v) is 21.2. The maximum Gasteiger partial charge on any atom is 0.337 e. The fraction of sp³-hybridized carbons (Fsp3) is 0.345. The first-order valence-corrected chi connectivity index (χ1v) is 12.1. The van der Waals surface area contributed by atoms with E-state index in [1.807, 2.05) is 61.5 Å². The minimum absolute atomic E-state index is 0.249. The van der Waals surface area contributed by atoms with Crippen molar-refractivity contribution in [3.63, 3.8) is 0 Å². The third-order valence-electron chi connectivity index (χ3n) is 6.48. The van der Waals surface area contributed by atoms with Gasteiger partial charge in [0.05, 0.1) is 18.8 Å². The van der Waals surface area contributed by atoms with Crippen molar-refractivity contribution in [3.8, 4) is 11.5 Å². The van der Waals surface area contributed by atoms with E-state index in [1.165, 1.54) is 7.11 Å². The summed E-state index contributed by atoms with van der Waals surface area (Å²) in [5.74, 6) is -2.11. The molecule has 0 spiro atoms. The molecule has 2 aromatic carbocycles. The number of carbonyl (C=O) groups excluding carboxylic acids is 3. The van der Waals surface area contributed by atoms with Crippen molar-refractivity contribution < 1.29 is 28.6 Å². The molecular formula is C29H31NO6. The van der Waals surface area contributed by atoms with Crippen LogP contribution in [0.4, 0.5) is 0 Å². The molecule has 0 fully saturated rings. The lowest BCUT2D eigenvalue weighted by atomic mass is 9.69. The van der Waals surface area contributed by atoms with Crippen molar-refractivity contribution in [2.75, 3.05) is 7.11 Å². The summed E-state index contributed by atoms with van der Waals surface area (Å²) in [6.45, 7) is 7.22. The van der Waals surface area contributed by atoms with Gasteiger partial charge in [0, 0.05) is 22.9 Å². The lowest BCUT2D eigenvalue weighted by Gasteiger charge is -2.38. The maximum atomic E-state index is 13.8. The number of allylic oxidation sites excluding steroid dienone is 3. The molecule has 7 heteroatoms. The van der Waals surface area contributed by atoms with E-state index in [4.69, 9.17) is 14.2 Å². The standard InChI is InChI=1S/C29H31NO6/c1-16(2)35-29(33)24-18(4)30-22-14-17(3)23(28(32)34-5)27(31)26(22)25(24)19-10-9-13-21(15-19)36-20-11-7-6-8-12-20/h6-13,15-17,23,25,30H,14H2,1-5H3/t17-,23+,25+/m0/s1. The third-order valence-corrected chi connectivity index (χ3v) is 6.48. The van der Waals surface area contributed by atoms with Crippen LogP contribution in [0.2, 0.25) is 0 Å². The Morgan fingerprint density at radius 2 is 1.72 bits per heavy atom. The van der Waals surface area contributed by atoms with Crippen molar-refractivity contribution in [1.29, 1.82) is 0 Å². The van der Waals surface area contributed by atoms with Gasteiger partial charge < -0.3 is 19.5 Å². The zero-order chi connectivity index (χ0) is 26.0. The van der Waals surface area contributed by atoms with E-state index in [1.54, 1.807) is 20.8 Å². The molecule has 2 aromatic rings. The van der Waals surface area contributed by atoms with Gasteiger partial charge in [-0.1, -0.05) is 37.3 Å². The summed E-state index contributed by atoms with van der Waals surface area (Å²) in [6.07, 6.45) is 0.132. The van der Waals surface area contributed by atoms with Crippen LogP contribution in [0.5, 0.6) is 11.5 Å². The summed E-state index contributed by atoms with van der Waals surface area (Å²) in [5.41, 5.74) is 2.76. The Bertz CT molecular complexity index is 1240. The van der Waals surface area contributed by atoms with Crippen molar-refractivity contribution in [3.05, 3.63) is 82.7 Å². The van der Waals surface area contributed by atoms with Crippen LogP contribution in [0, 0.1) is 11.8 Å². The smallest absolute Gasteiger partial charge is 0.337 e. The van der Waals surface area contributed by atoms with E-state index in [9.17, 15) is 14.4 Å². The SMILES string of the molecule is COC(=O)[C@H]1C(=O)C2=C(C[C@@H]1C)NC(C)=C(C(=O)OC(C)C)[C@H]2c1cccc(Oc2ccccc2)c1. The van der Waals surface area contributed by atoms with Gasteiger partial charge in [-0.2, -0.15) is 0 Å². The fourth-order valence-electron chi connectivity index (χ4n) is 4.94. The second-order valence-electron chi connectivity index (χ2n) is 9.48. The third kappa shape index (κ3) is 4.91. The summed E-state index contributed by atoms with van der Waals surface area (Å²) in [5, 5.41) is 3.27. The molecule has 0 unspecified atom stereocenters. The lowest BCUT2D eigenvalue weighted by molar-refractivity contribution is -0.151. The molecule has 1 N–H and O–H groups in total.